The summed E-state index contributed by atoms with van der Waals surface area (Å²) >= 11 is 0. The number of amides is 3. The summed E-state index contributed by atoms with van der Waals surface area (Å²) in [7, 11) is 0. The maximum atomic E-state index is 12.9. The summed E-state index contributed by atoms with van der Waals surface area (Å²) in [5.41, 5.74) is 2.50. The van der Waals surface area contributed by atoms with Crippen LogP contribution in [0.4, 0.5) is 17.1 Å². The van der Waals surface area contributed by atoms with Gasteiger partial charge in [0.25, 0.3) is 0 Å². The summed E-state index contributed by atoms with van der Waals surface area (Å²) in [6, 6.07) is 12.6. The molecular formula is C22H27N3O3. The van der Waals surface area contributed by atoms with E-state index in [9.17, 15) is 14.4 Å². The van der Waals surface area contributed by atoms with E-state index >= 15 is 0 Å². The van der Waals surface area contributed by atoms with Crippen molar-refractivity contribution < 1.29 is 14.4 Å². The van der Waals surface area contributed by atoms with Gasteiger partial charge in [0.15, 0.2) is 0 Å². The Balaban J connectivity index is 2.16. The molecule has 0 aromatic heterocycles. The number of para-hydroxylation sites is 1. The van der Waals surface area contributed by atoms with Crippen LogP contribution in [-0.2, 0) is 20.8 Å². The fraction of sp³-hybridized carbons (Fsp3) is 0.318. The third kappa shape index (κ3) is 4.97. The van der Waals surface area contributed by atoms with Crippen molar-refractivity contribution in [3.63, 3.8) is 0 Å². The molecule has 0 atom stereocenters. The highest BCUT2D eigenvalue weighted by Gasteiger charge is 2.36. The number of benzene rings is 2. The number of anilines is 3. The Labute approximate surface area is 165 Å². The number of aryl methyl sites for hydroxylation is 2. The number of hydrogen-bond donors (Lipinski definition) is 3. The van der Waals surface area contributed by atoms with Crippen molar-refractivity contribution >= 4 is 34.8 Å². The van der Waals surface area contributed by atoms with E-state index in [1.807, 2.05) is 32.0 Å². The molecule has 3 N–H and O–H groups in total. The highest BCUT2D eigenvalue weighted by atomic mass is 16.2. The van der Waals surface area contributed by atoms with Gasteiger partial charge in [-0.05, 0) is 56.5 Å². The van der Waals surface area contributed by atoms with Crippen LogP contribution in [0.25, 0.3) is 0 Å². The number of carbonyl (C=O) groups is 3. The molecule has 0 saturated heterocycles. The fourth-order valence-corrected chi connectivity index (χ4v) is 2.74. The molecule has 0 aliphatic heterocycles. The lowest BCUT2D eigenvalue weighted by atomic mass is 9.90. The molecule has 0 bridgehead atoms. The summed E-state index contributed by atoms with van der Waals surface area (Å²) in [6.07, 6.45) is 0.778. The topological polar surface area (TPSA) is 87.3 Å². The van der Waals surface area contributed by atoms with Crippen molar-refractivity contribution in [2.75, 3.05) is 16.0 Å². The predicted octanol–water partition coefficient (Wildman–Crippen LogP) is 4.12. The lowest BCUT2D eigenvalue weighted by Crippen LogP contribution is -2.41. The SMILES string of the molecule is CCc1cccc(C)c1NC(=O)C(C)(C)C(=O)Nc1cccc(NC(C)=O)c1. The maximum absolute atomic E-state index is 12.9. The van der Waals surface area contributed by atoms with Crippen molar-refractivity contribution in [3.8, 4) is 0 Å². The van der Waals surface area contributed by atoms with Gasteiger partial charge < -0.3 is 16.0 Å². The number of hydrogen-bond acceptors (Lipinski definition) is 3. The normalized spacial score (nSPS) is 10.9. The molecule has 6 heteroatoms. The molecule has 2 aromatic rings. The van der Waals surface area contributed by atoms with Gasteiger partial charge in [-0.15, -0.1) is 0 Å². The van der Waals surface area contributed by atoms with Gasteiger partial charge >= 0.3 is 0 Å². The Kier molecular flexibility index (Phi) is 6.57. The first-order valence-electron chi connectivity index (χ1n) is 9.24. The molecule has 148 valence electrons. The van der Waals surface area contributed by atoms with E-state index in [1.54, 1.807) is 38.1 Å². The van der Waals surface area contributed by atoms with E-state index in [1.165, 1.54) is 6.92 Å². The molecule has 0 aliphatic carbocycles. The van der Waals surface area contributed by atoms with Crippen LogP contribution < -0.4 is 16.0 Å². The second-order valence-electron chi connectivity index (χ2n) is 7.26. The minimum atomic E-state index is -1.29. The highest BCUT2D eigenvalue weighted by Crippen LogP contribution is 2.26. The van der Waals surface area contributed by atoms with E-state index in [-0.39, 0.29) is 11.8 Å². The second kappa shape index (κ2) is 8.69. The molecule has 6 nitrogen and oxygen atoms in total. The van der Waals surface area contributed by atoms with Gasteiger partial charge in [-0.3, -0.25) is 14.4 Å². The zero-order chi connectivity index (χ0) is 20.9. The highest BCUT2D eigenvalue weighted by molar-refractivity contribution is 6.14. The predicted molar refractivity (Wildman–Crippen MR) is 112 cm³/mol. The van der Waals surface area contributed by atoms with Crippen molar-refractivity contribution in [1.29, 1.82) is 0 Å². The Bertz CT molecular complexity index is 904. The number of nitrogens with one attached hydrogen (secondary N) is 3. The summed E-state index contributed by atoms with van der Waals surface area (Å²) in [4.78, 5) is 36.8. The van der Waals surface area contributed by atoms with E-state index in [0.717, 1.165) is 23.2 Å². The third-order valence-electron chi connectivity index (χ3n) is 4.55. The first kappa shape index (κ1) is 21.2. The third-order valence-corrected chi connectivity index (χ3v) is 4.55. The number of carbonyl (C=O) groups excluding carboxylic acids is 3. The Hall–Kier alpha value is -3.15. The molecule has 0 saturated carbocycles. The number of rotatable bonds is 6. The summed E-state index contributed by atoms with van der Waals surface area (Å²) in [6.45, 7) is 8.52. The van der Waals surface area contributed by atoms with Crippen molar-refractivity contribution in [2.45, 2.75) is 41.0 Å². The first-order valence-corrected chi connectivity index (χ1v) is 9.24. The quantitative estimate of drug-likeness (QED) is 0.658. The molecule has 0 fully saturated rings. The zero-order valence-electron chi connectivity index (χ0n) is 17.0. The van der Waals surface area contributed by atoms with E-state index in [0.29, 0.717) is 11.4 Å². The monoisotopic (exact) mass is 381 g/mol. The lowest BCUT2D eigenvalue weighted by molar-refractivity contribution is -0.135. The van der Waals surface area contributed by atoms with Crippen LogP contribution in [0.5, 0.6) is 0 Å². The van der Waals surface area contributed by atoms with Gasteiger partial charge in [0, 0.05) is 24.0 Å². The summed E-state index contributed by atoms with van der Waals surface area (Å²) in [5, 5.41) is 8.33. The molecule has 0 aliphatic rings. The minimum Gasteiger partial charge on any atom is -0.326 e. The van der Waals surface area contributed by atoms with Crippen LogP contribution in [0, 0.1) is 12.3 Å². The van der Waals surface area contributed by atoms with Crippen LogP contribution in [0.2, 0.25) is 0 Å². The van der Waals surface area contributed by atoms with Crippen LogP contribution in [-0.4, -0.2) is 17.7 Å². The molecule has 0 heterocycles. The molecule has 28 heavy (non-hydrogen) atoms. The van der Waals surface area contributed by atoms with Gasteiger partial charge in [-0.25, -0.2) is 0 Å². The van der Waals surface area contributed by atoms with Crippen molar-refractivity contribution in [2.24, 2.45) is 5.41 Å². The van der Waals surface area contributed by atoms with E-state index in [4.69, 9.17) is 0 Å². The van der Waals surface area contributed by atoms with Crippen LogP contribution in [0.3, 0.4) is 0 Å². The Morgan fingerprint density at radius 2 is 1.46 bits per heavy atom. The van der Waals surface area contributed by atoms with Crippen LogP contribution in [0.15, 0.2) is 42.5 Å². The average Bonchev–Trinajstić information content (AvgIpc) is 2.62. The zero-order valence-corrected chi connectivity index (χ0v) is 17.0. The minimum absolute atomic E-state index is 0.201. The molecular weight excluding hydrogens is 354 g/mol. The van der Waals surface area contributed by atoms with Gasteiger partial charge in [0.1, 0.15) is 5.41 Å². The fourth-order valence-electron chi connectivity index (χ4n) is 2.74. The van der Waals surface area contributed by atoms with Gasteiger partial charge in [0.05, 0.1) is 0 Å². The van der Waals surface area contributed by atoms with Crippen LogP contribution >= 0.6 is 0 Å². The van der Waals surface area contributed by atoms with E-state index < -0.39 is 11.3 Å². The first-order chi connectivity index (χ1) is 13.1. The Morgan fingerprint density at radius 3 is 2.07 bits per heavy atom. The largest absolute Gasteiger partial charge is 0.326 e. The molecule has 0 unspecified atom stereocenters. The Morgan fingerprint density at radius 1 is 0.893 bits per heavy atom. The molecule has 2 aromatic carbocycles. The lowest BCUT2D eigenvalue weighted by Gasteiger charge is -2.24. The molecule has 2 rings (SSSR count). The van der Waals surface area contributed by atoms with Crippen molar-refractivity contribution in [1.82, 2.24) is 0 Å². The standard InChI is InChI=1S/C22H27N3O3/c1-6-16-10-7-9-14(2)19(16)25-21(28)22(4,5)20(27)24-18-12-8-11-17(13-18)23-15(3)26/h7-13H,6H2,1-5H3,(H,23,26)(H,24,27)(H,25,28). The van der Waals surface area contributed by atoms with Gasteiger partial charge in [-0.2, -0.15) is 0 Å². The van der Waals surface area contributed by atoms with Gasteiger partial charge in [-0.1, -0.05) is 31.2 Å². The second-order valence-corrected chi connectivity index (χ2v) is 7.26. The van der Waals surface area contributed by atoms with Crippen molar-refractivity contribution in [3.05, 3.63) is 53.6 Å². The van der Waals surface area contributed by atoms with Crippen LogP contribution in [0.1, 0.15) is 38.8 Å². The maximum Gasteiger partial charge on any atom is 0.239 e. The molecule has 3 amide bonds. The van der Waals surface area contributed by atoms with E-state index in [2.05, 4.69) is 16.0 Å². The molecule has 0 radical (unpaired) electrons. The van der Waals surface area contributed by atoms with Gasteiger partial charge in [0.2, 0.25) is 17.7 Å². The smallest absolute Gasteiger partial charge is 0.239 e. The summed E-state index contributed by atoms with van der Waals surface area (Å²) < 4.78 is 0. The average molecular weight is 381 g/mol. The molecule has 0 spiro atoms. The summed E-state index contributed by atoms with van der Waals surface area (Å²) in [5.74, 6) is -1.02.